The smallest absolute Gasteiger partial charge is 0.276 e. The summed E-state index contributed by atoms with van der Waals surface area (Å²) in [6.07, 6.45) is 6.76. The van der Waals surface area contributed by atoms with Crippen LogP contribution in [0.25, 0.3) is 0 Å². The number of hydrogen-bond donors (Lipinski definition) is 1. The van der Waals surface area contributed by atoms with Gasteiger partial charge in [0.2, 0.25) is 5.91 Å². The van der Waals surface area contributed by atoms with E-state index >= 15 is 0 Å². The van der Waals surface area contributed by atoms with Crippen molar-refractivity contribution >= 4 is 28.7 Å². The van der Waals surface area contributed by atoms with Gasteiger partial charge in [0.15, 0.2) is 10.9 Å². The molecule has 2 amide bonds. The van der Waals surface area contributed by atoms with E-state index < -0.39 is 4.75 Å². The zero-order chi connectivity index (χ0) is 20.2. The Bertz CT molecular complexity index is 860. The van der Waals surface area contributed by atoms with E-state index in [4.69, 9.17) is 9.52 Å². The molecule has 2 aliphatic carbocycles. The highest BCUT2D eigenvalue weighted by molar-refractivity contribution is 8.16. The second-order valence-electron chi connectivity index (χ2n) is 9.23. The summed E-state index contributed by atoms with van der Waals surface area (Å²) < 4.78 is 4.52. The molecular weight excluding hydrogens is 388 g/mol. The monoisotopic (exact) mass is 416 g/mol. The van der Waals surface area contributed by atoms with Crippen molar-refractivity contribution in [3.05, 3.63) is 17.5 Å². The molecule has 4 aliphatic rings. The summed E-state index contributed by atoms with van der Waals surface area (Å²) >= 11 is 1.61. The van der Waals surface area contributed by atoms with Crippen LogP contribution in [0.2, 0.25) is 0 Å². The van der Waals surface area contributed by atoms with Gasteiger partial charge < -0.3 is 14.7 Å². The van der Waals surface area contributed by atoms with Gasteiger partial charge >= 0.3 is 0 Å². The first kappa shape index (κ1) is 19.2. The van der Waals surface area contributed by atoms with Gasteiger partial charge in [-0.15, -0.1) is 0 Å². The number of amides is 2. The second kappa shape index (κ2) is 7.15. The molecule has 4 fully saturated rings. The number of piperidine rings is 1. The maximum atomic E-state index is 12.9. The van der Waals surface area contributed by atoms with Gasteiger partial charge in [-0.2, -0.15) is 0 Å². The molecule has 2 saturated carbocycles. The summed E-state index contributed by atoms with van der Waals surface area (Å²) in [4.78, 5) is 32.2. The number of rotatable bonds is 3. The van der Waals surface area contributed by atoms with Crippen LogP contribution in [-0.4, -0.2) is 50.9 Å². The van der Waals surface area contributed by atoms with E-state index in [1.807, 2.05) is 11.8 Å². The van der Waals surface area contributed by atoms with Crippen molar-refractivity contribution < 1.29 is 14.1 Å². The number of thioether (sulfide) groups is 1. The van der Waals surface area contributed by atoms with Gasteiger partial charge in [-0.25, -0.2) is 0 Å². The molecule has 7 nitrogen and oxygen atoms in total. The molecule has 29 heavy (non-hydrogen) atoms. The van der Waals surface area contributed by atoms with Crippen molar-refractivity contribution in [2.45, 2.75) is 63.2 Å². The van der Waals surface area contributed by atoms with E-state index in [0.717, 1.165) is 23.9 Å². The van der Waals surface area contributed by atoms with Gasteiger partial charge in [0.1, 0.15) is 10.5 Å². The van der Waals surface area contributed by atoms with Crippen LogP contribution in [0.4, 0.5) is 0 Å². The summed E-state index contributed by atoms with van der Waals surface area (Å²) in [6, 6.07) is 2.07. The van der Waals surface area contributed by atoms with E-state index in [-0.39, 0.29) is 17.7 Å². The van der Waals surface area contributed by atoms with Gasteiger partial charge in [0.25, 0.3) is 5.91 Å². The number of likely N-dealkylation sites (tertiary alicyclic amines) is 1. The molecule has 1 aromatic heterocycles. The minimum absolute atomic E-state index is 0.0707. The lowest BCUT2D eigenvalue weighted by Gasteiger charge is -2.37. The maximum absolute atomic E-state index is 12.9. The lowest BCUT2D eigenvalue weighted by molar-refractivity contribution is -0.122. The summed E-state index contributed by atoms with van der Waals surface area (Å²) in [5.74, 6) is 2.40. The predicted molar refractivity (Wildman–Crippen MR) is 111 cm³/mol. The number of hydrogen-bond acceptors (Lipinski definition) is 6. The van der Waals surface area contributed by atoms with Crippen LogP contribution in [0.15, 0.2) is 15.6 Å². The minimum Gasteiger partial charge on any atom is -0.361 e. The molecular formula is C21H28N4O3S. The molecule has 156 valence electrons. The number of aliphatic imine (C=N–C) groups is 1. The fraction of sp³-hybridized carbons (Fsp3) is 0.714. The van der Waals surface area contributed by atoms with Crippen molar-refractivity contribution in [2.24, 2.45) is 22.7 Å². The average Bonchev–Trinajstić information content (AvgIpc) is 3.48. The largest absolute Gasteiger partial charge is 0.361 e. The summed E-state index contributed by atoms with van der Waals surface area (Å²) in [7, 11) is 0. The molecule has 0 radical (unpaired) electrons. The fourth-order valence-electron chi connectivity index (χ4n) is 5.60. The molecule has 3 heterocycles. The molecule has 1 N–H and O–H groups in total. The van der Waals surface area contributed by atoms with Crippen LogP contribution >= 0.6 is 11.8 Å². The van der Waals surface area contributed by atoms with Crippen molar-refractivity contribution in [3.63, 3.8) is 0 Å². The molecule has 2 saturated heterocycles. The Morgan fingerprint density at radius 3 is 2.72 bits per heavy atom. The van der Waals surface area contributed by atoms with Crippen molar-refractivity contribution in [1.29, 1.82) is 0 Å². The van der Waals surface area contributed by atoms with Gasteiger partial charge in [0.05, 0.1) is 6.04 Å². The van der Waals surface area contributed by atoms with Gasteiger partial charge in [0, 0.05) is 19.2 Å². The maximum Gasteiger partial charge on any atom is 0.276 e. The predicted octanol–water partition coefficient (Wildman–Crippen LogP) is 3.00. The zero-order valence-corrected chi connectivity index (χ0v) is 17.8. The Morgan fingerprint density at radius 2 is 2.10 bits per heavy atom. The molecule has 1 aromatic rings. The zero-order valence-electron chi connectivity index (χ0n) is 17.0. The van der Waals surface area contributed by atoms with Crippen LogP contribution in [0.3, 0.4) is 0 Å². The number of fused-ring (bicyclic) bond motifs is 2. The Balaban J connectivity index is 1.22. The topological polar surface area (TPSA) is 87.8 Å². The normalized spacial score (nSPS) is 36.2. The summed E-state index contributed by atoms with van der Waals surface area (Å²) in [5.41, 5.74) is 0.362. The van der Waals surface area contributed by atoms with Gasteiger partial charge in [-0.05, 0) is 63.7 Å². The minimum atomic E-state index is -0.504. The quantitative estimate of drug-likeness (QED) is 0.818. The third-order valence-electron chi connectivity index (χ3n) is 7.37. The first-order chi connectivity index (χ1) is 13.9. The molecule has 0 spiro atoms. The lowest BCUT2D eigenvalue weighted by Crippen LogP contribution is -2.47. The van der Waals surface area contributed by atoms with Crippen LogP contribution in [0, 0.1) is 24.7 Å². The van der Waals surface area contributed by atoms with Crippen molar-refractivity contribution in [2.75, 3.05) is 13.1 Å². The Labute approximate surface area is 175 Å². The Kier molecular flexibility index (Phi) is 4.72. The third-order valence-corrected chi connectivity index (χ3v) is 8.72. The highest BCUT2D eigenvalue weighted by Gasteiger charge is 2.50. The number of nitrogens with one attached hydrogen (secondary N) is 1. The molecule has 2 aliphatic heterocycles. The van der Waals surface area contributed by atoms with Crippen LogP contribution in [0.5, 0.6) is 0 Å². The Hall–Kier alpha value is -1.83. The number of amidine groups is 1. The van der Waals surface area contributed by atoms with E-state index in [0.29, 0.717) is 36.5 Å². The summed E-state index contributed by atoms with van der Waals surface area (Å²) in [5, 5.41) is 7.71. The van der Waals surface area contributed by atoms with Crippen molar-refractivity contribution in [3.8, 4) is 0 Å². The number of aryl methyl sites for hydroxylation is 1. The fourth-order valence-corrected chi connectivity index (χ4v) is 6.88. The van der Waals surface area contributed by atoms with Crippen molar-refractivity contribution in [1.82, 2.24) is 15.4 Å². The average molecular weight is 417 g/mol. The third kappa shape index (κ3) is 3.39. The van der Waals surface area contributed by atoms with Crippen LogP contribution in [0.1, 0.15) is 61.7 Å². The molecule has 8 heteroatoms. The molecule has 2 bridgehead atoms. The SMILES string of the molecule is Cc1cc(C(=O)N2CCC(C3(C)SC(=N[C@H]4C[C@@H]5CCC4C5)NC3=O)CC2)no1. The number of carbonyl (C=O) groups excluding carboxylic acids is 2. The first-order valence-corrected chi connectivity index (χ1v) is 11.5. The number of carbonyl (C=O) groups is 2. The van der Waals surface area contributed by atoms with Gasteiger partial charge in [-0.1, -0.05) is 23.3 Å². The first-order valence-electron chi connectivity index (χ1n) is 10.7. The number of nitrogens with zero attached hydrogens (tertiary/aromatic N) is 3. The second-order valence-corrected chi connectivity index (χ2v) is 10.7. The van der Waals surface area contributed by atoms with Crippen LogP contribution < -0.4 is 5.32 Å². The van der Waals surface area contributed by atoms with E-state index in [2.05, 4.69) is 10.5 Å². The Morgan fingerprint density at radius 1 is 1.31 bits per heavy atom. The highest BCUT2D eigenvalue weighted by atomic mass is 32.2. The number of aromatic nitrogens is 1. The molecule has 0 aromatic carbocycles. The van der Waals surface area contributed by atoms with Gasteiger partial charge in [-0.3, -0.25) is 14.6 Å². The molecule has 5 rings (SSSR count). The van der Waals surface area contributed by atoms with E-state index in [9.17, 15) is 9.59 Å². The molecule has 4 atom stereocenters. The highest BCUT2D eigenvalue weighted by Crippen LogP contribution is 2.48. The van der Waals surface area contributed by atoms with E-state index in [1.54, 1.807) is 24.8 Å². The van der Waals surface area contributed by atoms with E-state index in [1.165, 1.54) is 25.7 Å². The lowest BCUT2D eigenvalue weighted by atomic mass is 9.84. The van der Waals surface area contributed by atoms with Crippen LogP contribution in [-0.2, 0) is 4.79 Å². The summed E-state index contributed by atoms with van der Waals surface area (Å²) in [6.45, 7) is 5.09. The standard InChI is InChI=1S/C21H28N4O3S/c1-12-9-17(24-28-12)18(26)25-7-5-15(6-8-25)21(2)19(27)23-20(29-21)22-16-11-13-3-4-14(16)10-13/h9,13-16H,3-8,10-11H2,1-2H3,(H,22,23,27)/t13-,14?,16+,21?/m1/s1. The molecule has 2 unspecified atom stereocenters.